The van der Waals surface area contributed by atoms with Gasteiger partial charge in [-0.05, 0) is 13.0 Å². The van der Waals surface area contributed by atoms with E-state index in [0.29, 0.717) is 22.3 Å². The van der Waals surface area contributed by atoms with Crippen LogP contribution >= 0.6 is 0 Å². The summed E-state index contributed by atoms with van der Waals surface area (Å²) in [5.74, 6) is -0.898. The van der Waals surface area contributed by atoms with Crippen molar-refractivity contribution in [2.75, 3.05) is 6.61 Å². The van der Waals surface area contributed by atoms with Gasteiger partial charge in [-0.3, -0.25) is 4.79 Å². The molecule has 0 fully saturated rings. The quantitative estimate of drug-likeness (QED) is 0.385. The minimum Gasteiger partial charge on any atom is -0.454 e. The Balaban J connectivity index is 1.66. The van der Waals surface area contributed by atoms with E-state index in [1.807, 2.05) is 36.4 Å². The standard InChI is InChI=1S/C22H16N2O4/c1-14-20-17(22(26)27-13-19(25)16-10-6-3-7-11-16)12-18(23-21(20)28-24-14)15-8-4-2-5-9-15/h2-12H,13H2,1H3. The molecule has 0 bridgehead atoms. The number of fused-ring (bicyclic) bond motifs is 1. The lowest BCUT2D eigenvalue weighted by atomic mass is 10.1. The molecule has 0 spiro atoms. The molecule has 6 heteroatoms. The third-order valence-corrected chi connectivity index (χ3v) is 4.34. The van der Waals surface area contributed by atoms with Crippen LogP contribution in [0.25, 0.3) is 22.4 Å². The first-order valence-electron chi connectivity index (χ1n) is 8.71. The van der Waals surface area contributed by atoms with Crippen LogP contribution in [0.1, 0.15) is 26.4 Å². The Kier molecular flexibility index (Phi) is 4.68. The van der Waals surface area contributed by atoms with E-state index < -0.39 is 5.97 Å². The lowest BCUT2D eigenvalue weighted by Crippen LogP contribution is -2.15. The van der Waals surface area contributed by atoms with Crippen LogP contribution in [-0.2, 0) is 4.74 Å². The lowest BCUT2D eigenvalue weighted by molar-refractivity contribution is 0.0476. The number of aromatic nitrogens is 2. The maximum absolute atomic E-state index is 12.8. The summed E-state index contributed by atoms with van der Waals surface area (Å²) >= 11 is 0. The first-order chi connectivity index (χ1) is 13.6. The van der Waals surface area contributed by atoms with E-state index in [1.54, 1.807) is 37.3 Å². The van der Waals surface area contributed by atoms with Crippen LogP contribution in [0.15, 0.2) is 71.3 Å². The van der Waals surface area contributed by atoms with E-state index in [-0.39, 0.29) is 23.7 Å². The topological polar surface area (TPSA) is 82.3 Å². The molecule has 0 unspecified atom stereocenters. The second-order valence-corrected chi connectivity index (χ2v) is 6.23. The van der Waals surface area contributed by atoms with Crippen LogP contribution in [0.2, 0.25) is 0 Å². The van der Waals surface area contributed by atoms with Gasteiger partial charge in [0.1, 0.15) is 0 Å². The zero-order chi connectivity index (χ0) is 19.5. The Morgan fingerprint density at radius 2 is 1.68 bits per heavy atom. The number of carbonyl (C=O) groups is 2. The maximum atomic E-state index is 12.8. The summed E-state index contributed by atoms with van der Waals surface area (Å²) in [6.07, 6.45) is 0. The fraction of sp³-hybridized carbons (Fsp3) is 0.0909. The molecule has 28 heavy (non-hydrogen) atoms. The molecule has 0 saturated heterocycles. The second kappa shape index (κ2) is 7.44. The summed E-state index contributed by atoms with van der Waals surface area (Å²) in [6, 6.07) is 19.7. The van der Waals surface area contributed by atoms with E-state index in [2.05, 4.69) is 10.1 Å². The molecule has 0 radical (unpaired) electrons. The fourth-order valence-corrected chi connectivity index (χ4v) is 2.93. The minimum absolute atomic E-state index is 0.250. The van der Waals surface area contributed by atoms with Gasteiger partial charge in [0.05, 0.1) is 22.3 Å². The molecule has 2 aromatic carbocycles. The van der Waals surface area contributed by atoms with Gasteiger partial charge in [-0.2, -0.15) is 0 Å². The molecule has 0 aliphatic rings. The zero-order valence-electron chi connectivity index (χ0n) is 15.1. The number of nitrogens with zero attached hydrogens (tertiary/aromatic N) is 2. The van der Waals surface area contributed by atoms with Crippen molar-refractivity contribution in [1.29, 1.82) is 0 Å². The number of ether oxygens (including phenoxy) is 1. The number of esters is 1. The number of rotatable bonds is 5. The van der Waals surface area contributed by atoms with Crippen molar-refractivity contribution in [3.8, 4) is 11.3 Å². The molecule has 0 saturated carbocycles. The molecule has 2 heterocycles. The summed E-state index contributed by atoms with van der Waals surface area (Å²) in [5, 5.41) is 4.39. The third-order valence-electron chi connectivity index (χ3n) is 4.34. The molecule has 138 valence electrons. The number of ketones is 1. The number of hydrogen-bond donors (Lipinski definition) is 0. The van der Waals surface area contributed by atoms with Crippen molar-refractivity contribution in [2.45, 2.75) is 6.92 Å². The van der Waals surface area contributed by atoms with Crippen molar-refractivity contribution in [2.24, 2.45) is 0 Å². The second-order valence-electron chi connectivity index (χ2n) is 6.23. The summed E-state index contributed by atoms with van der Waals surface area (Å²) in [6.45, 7) is 1.37. The van der Waals surface area contributed by atoms with Crippen LogP contribution in [0, 0.1) is 6.92 Å². The number of benzene rings is 2. The van der Waals surface area contributed by atoms with Gasteiger partial charge in [0, 0.05) is 11.1 Å². The number of hydrogen-bond acceptors (Lipinski definition) is 6. The zero-order valence-corrected chi connectivity index (χ0v) is 15.1. The van der Waals surface area contributed by atoms with Gasteiger partial charge in [0.2, 0.25) is 0 Å². The van der Waals surface area contributed by atoms with Crippen molar-refractivity contribution in [3.63, 3.8) is 0 Å². The van der Waals surface area contributed by atoms with Gasteiger partial charge in [-0.1, -0.05) is 65.8 Å². The molecule has 0 atom stereocenters. The summed E-state index contributed by atoms with van der Waals surface area (Å²) in [4.78, 5) is 29.4. The Morgan fingerprint density at radius 3 is 2.39 bits per heavy atom. The van der Waals surface area contributed by atoms with Crippen LogP contribution < -0.4 is 0 Å². The SMILES string of the molecule is Cc1noc2nc(-c3ccccc3)cc(C(=O)OCC(=O)c3ccccc3)c12. The number of pyridine rings is 1. The van der Waals surface area contributed by atoms with E-state index in [0.717, 1.165) is 5.56 Å². The highest BCUT2D eigenvalue weighted by Crippen LogP contribution is 2.27. The monoisotopic (exact) mass is 372 g/mol. The van der Waals surface area contributed by atoms with Crippen molar-refractivity contribution >= 4 is 22.9 Å². The third kappa shape index (κ3) is 3.40. The van der Waals surface area contributed by atoms with E-state index in [1.165, 1.54) is 0 Å². The van der Waals surface area contributed by atoms with E-state index in [4.69, 9.17) is 9.26 Å². The Labute approximate surface area is 160 Å². The minimum atomic E-state index is -0.625. The maximum Gasteiger partial charge on any atom is 0.339 e. The molecule has 4 rings (SSSR count). The molecule has 2 aromatic heterocycles. The molecule has 6 nitrogen and oxygen atoms in total. The van der Waals surface area contributed by atoms with Crippen molar-refractivity contribution < 1.29 is 18.8 Å². The molecule has 0 N–H and O–H groups in total. The highest BCUT2D eigenvalue weighted by Gasteiger charge is 2.21. The van der Waals surface area contributed by atoms with Gasteiger partial charge in [0.25, 0.3) is 5.71 Å². The number of aryl methyl sites for hydroxylation is 1. The fourth-order valence-electron chi connectivity index (χ4n) is 2.93. The number of Topliss-reactive ketones (excluding diaryl/α,β-unsaturated/α-hetero) is 1. The molecule has 0 amide bonds. The Morgan fingerprint density at radius 1 is 1.00 bits per heavy atom. The number of carbonyl (C=O) groups excluding carboxylic acids is 2. The van der Waals surface area contributed by atoms with Gasteiger partial charge in [-0.25, -0.2) is 9.78 Å². The normalized spacial score (nSPS) is 10.8. The molecule has 0 aliphatic heterocycles. The van der Waals surface area contributed by atoms with Crippen LogP contribution in [0.5, 0.6) is 0 Å². The lowest BCUT2D eigenvalue weighted by Gasteiger charge is -2.07. The molecular formula is C22H16N2O4. The highest BCUT2D eigenvalue weighted by molar-refractivity contribution is 6.05. The van der Waals surface area contributed by atoms with Gasteiger partial charge >= 0.3 is 5.97 Å². The summed E-state index contributed by atoms with van der Waals surface area (Å²) in [7, 11) is 0. The first-order valence-corrected chi connectivity index (χ1v) is 8.71. The van der Waals surface area contributed by atoms with Gasteiger partial charge in [0.15, 0.2) is 12.4 Å². The van der Waals surface area contributed by atoms with Crippen molar-refractivity contribution in [1.82, 2.24) is 10.1 Å². The predicted octanol–water partition coefficient (Wildman–Crippen LogP) is 4.24. The average Bonchev–Trinajstić information content (AvgIpc) is 3.13. The largest absolute Gasteiger partial charge is 0.454 e. The Hall–Kier alpha value is -3.80. The van der Waals surface area contributed by atoms with Gasteiger partial charge in [-0.15, -0.1) is 0 Å². The average molecular weight is 372 g/mol. The Bertz CT molecular complexity index is 1150. The first kappa shape index (κ1) is 17.6. The van der Waals surface area contributed by atoms with Gasteiger partial charge < -0.3 is 9.26 Å². The van der Waals surface area contributed by atoms with Crippen molar-refractivity contribution in [3.05, 3.63) is 83.6 Å². The van der Waals surface area contributed by atoms with E-state index >= 15 is 0 Å². The predicted molar refractivity (Wildman–Crippen MR) is 103 cm³/mol. The molecular weight excluding hydrogens is 356 g/mol. The smallest absolute Gasteiger partial charge is 0.339 e. The van der Waals surface area contributed by atoms with E-state index in [9.17, 15) is 9.59 Å². The molecule has 4 aromatic rings. The van der Waals surface area contributed by atoms with Crippen LogP contribution in [-0.4, -0.2) is 28.5 Å². The summed E-state index contributed by atoms with van der Waals surface area (Å²) < 4.78 is 10.5. The van der Waals surface area contributed by atoms with Crippen LogP contribution in [0.4, 0.5) is 0 Å². The highest BCUT2D eigenvalue weighted by atomic mass is 16.5. The summed E-state index contributed by atoms with van der Waals surface area (Å²) in [5.41, 5.74) is 2.92. The molecule has 0 aliphatic carbocycles. The van der Waals surface area contributed by atoms with Crippen LogP contribution in [0.3, 0.4) is 0 Å².